The fraction of sp³-hybridized carbons (Fsp3) is 0.387. The molecule has 1 aliphatic heterocycles. The van der Waals surface area contributed by atoms with Gasteiger partial charge in [0, 0.05) is 30.2 Å². The van der Waals surface area contributed by atoms with Crippen LogP contribution >= 0.6 is 0 Å². The van der Waals surface area contributed by atoms with Crippen molar-refractivity contribution < 1.29 is 32.7 Å². The number of benzene rings is 2. The van der Waals surface area contributed by atoms with Crippen molar-refractivity contribution in [3.8, 4) is 5.75 Å². The Morgan fingerprint density at radius 1 is 1.09 bits per heavy atom. The number of aryl methyl sites for hydroxylation is 2. The van der Waals surface area contributed by atoms with E-state index in [1.807, 2.05) is 19.0 Å². The number of ketones is 1. The average Bonchev–Trinajstić information content (AvgIpc) is 3.30. The van der Waals surface area contributed by atoms with Gasteiger partial charge in [-0.15, -0.1) is 0 Å². The van der Waals surface area contributed by atoms with E-state index < -0.39 is 55.0 Å². The number of anilines is 1. The molecule has 0 bridgehead atoms. The number of aromatic nitrogens is 1. The van der Waals surface area contributed by atoms with Crippen molar-refractivity contribution in [2.24, 2.45) is 0 Å². The van der Waals surface area contributed by atoms with E-state index in [0.717, 1.165) is 13.0 Å². The van der Waals surface area contributed by atoms with Crippen molar-refractivity contribution in [2.75, 3.05) is 45.7 Å². The van der Waals surface area contributed by atoms with Crippen LogP contribution in [0.1, 0.15) is 34.3 Å². The zero-order valence-electron chi connectivity index (χ0n) is 24.6. The molecule has 0 unspecified atom stereocenters. The largest absolute Gasteiger partial charge is 0.494 e. The van der Waals surface area contributed by atoms with Gasteiger partial charge in [-0.2, -0.15) is 0 Å². The summed E-state index contributed by atoms with van der Waals surface area (Å²) in [5, 5.41) is 5.45. The Morgan fingerprint density at radius 3 is 2.51 bits per heavy atom. The number of halogens is 2. The monoisotopic (exact) mass is 595 g/mol. The Kier molecular flexibility index (Phi) is 9.70. The number of likely N-dealkylation sites (tertiary alicyclic amines) is 1. The summed E-state index contributed by atoms with van der Waals surface area (Å²) < 4.78 is 34.7. The normalized spacial score (nSPS) is 15.9. The number of hydrogen-bond acceptors (Lipinski definition) is 7. The third-order valence-corrected chi connectivity index (χ3v) is 7.21. The van der Waals surface area contributed by atoms with Gasteiger partial charge in [0.05, 0.1) is 30.8 Å². The zero-order valence-corrected chi connectivity index (χ0v) is 24.6. The fourth-order valence-electron chi connectivity index (χ4n) is 4.99. The van der Waals surface area contributed by atoms with E-state index in [-0.39, 0.29) is 5.56 Å². The minimum Gasteiger partial charge on any atom is -0.494 e. The lowest BCUT2D eigenvalue weighted by atomic mass is 10.1. The van der Waals surface area contributed by atoms with Crippen molar-refractivity contribution >= 4 is 40.1 Å². The Balaban J connectivity index is 1.43. The van der Waals surface area contributed by atoms with Crippen LogP contribution in [0, 0.1) is 13.8 Å². The van der Waals surface area contributed by atoms with Crippen LogP contribution in [0.3, 0.4) is 0 Å². The van der Waals surface area contributed by atoms with Gasteiger partial charge in [-0.25, -0.2) is 8.78 Å². The van der Waals surface area contributed by atoms with Gasteiger partial charge in [-0.05, 0) is 69.8 Å². The maximum Gasteiger partial charge on any atom is 0.294 e. The van der Waals surface area contributed by atoms with Crippen LogP contribution in [0.15, 0.2) is 48.7 Å². The first-order valence-electron chi connectivity index (χ1n) is 13.9. The number of para-hydroxylation sites is 1. The Bertz CT molecular complexity index is 1520. The molecule has 4 rings (SSSR count). The van der Waals surface area contributed by atoms with E-state index >= 15 is 0 Å². The second kappa shape index (κ2) is 13.2. The standard InChI is InChI=1S/C31H35F2N5O5/c1-19-7-5-8-20(2)27(19)36-30(42)28(40)25-16-31(32,33)18-38(25)26(39)17-35-29(41)22-11-12-34-24-10-9-21(15-23(22)24)43-14-6-13-37(3)4/h5,7-12,15,25H,6,13-14,16-18H2,1-4H3,(H,35,41)(H,36,42)/t25-/m0/s1. The van der Waals surface area contributed by atoms with Gasteiger partial charge in [0.2, 0.25) is 11.7 Å². The molecule has 2 N–H and O–H groups in total. The number of nitrogens with zero attached hydrogens (tertiary/aromatic N) is 3. The van der Waals surface area contributed by atoms with Crippen molar-refractivity contribution in [3.63, 3.8) is 0 Å². The third kappa shape index (κ3) is 7.69. The maximum absolute atomic E-state index is 14.4. The first kappa shape index (κ1) is 31.5. The van der Waals surface area contributed by atoms with Crippen molar-refractivity contribution in [3.05, 3.63) is 65.4 Å². The molecular weight excluding hydrogens is 560 g/mol. The molecule has 1 aliphatic rings. The van der Waals surface area contributed by atoms with E-state index in [4.69, 9.17) is 4.74 Å². The highest BCUT2D eigenvalue weighted by atomic mass is 19.3. The molecule has 228 valence electrons. The molecule has 1 atom stereocenters. The molecule has 0 spiro atoms. The first-order chi connectivity index (χ1) is 20.4. The lowest BCUT2D eigenvalue weighted by Gasteiger charge is -2.23. The molecule has 2 heterocycles. The van der Waals surface area contributed by atoms with Gasteiger partial charge >= 0.3 is 0 Å². The van der Waals surface area contributed by atoms with Crippen LogP contribution in [0.4, 0.5) is 14.5 Å². The Morgan fingerprint density at radius 2 is 1.81 bits per heavy atom. The summed E-state index contributed by atoms with van der Waals surface area (Å²) >= 11 is 0. The van der Waals surface area contributed by atoms with E-state index in [0.29, 0.717) is 45.0 Å². The number of fused-ring (bicyclic) bond motifs is 1. The lowest BCUT2D eigenvalue weighted by Crippen LogP contribution is -2.48. The minimum absolute atomic E-state index is 0.212. The van der Waals surface area contributed by atoms with Crippen LogP contribution in [-0.2, 0) is 14.4 Å². The van der Waals surface area contributed by atoms with E-state index in [1.165, 1.54) is 12.3 Å². The number of ether oxygens (including phenoxy) is 1. The predicted molar refractivity (Wildman–Crippen MR) is 157 cm³/mol. The highest BCUT2D eigenvalue weighted by Gasteiger charge is 2.51. The number of carbonyl (C=O) groups excluding carboxylic acids is 4. The number of hydrogen-bond donors (Lipinski definition) is 2. The quantitative estimate of drug-likeness (QED) is 0.258. The molecule has 1 aromatic heterocycles. The summed E-state index contributed by atoms with van der Waals surface area (Å²) in [6.07, 6.45) is 1.26. The number of rotatable bonds is 11. The lowest BCUT2D eigenvalue weighted by molar-refractivity contribution is -0.142. The molecule has 12 heteroatoms. The molecule has 0 aliphatic carbocycles. The first-order valence-corrected chi connectivity index (χ1v) is 13.9. The number of pyridine rings is 1. The van der Waals surface area contributed by atoms with Crippen LogP contribution in [0.2, 0.25) is 0 Å². The highest BCUT2D eigenvalue weighted by molar-refractivity contribution is 6.42. The van der Waals surface area contributed by atoms with Crippen LogP contribution < -0.4 is 15.4 Å². The SMILES string of the molecule is Cc1cccc(C)c1NC(=O)C(=O)[C@@H]1CC(F)(F)CN1C(=O)CNC(=O)c1ccnc2ccc(OCCCN(C)C)cc12. The number of Topliss-reactive ketones (excluding diaryl/α,β-unsaturated/α-hetero) is 1. The average molecular weight is 596 g/mol. The molecule has 43 heavy (non-hydrogen) atoms. The number of alkyl halides is 2. The van der Waals surface area contributed by atoms with Crippen molar-refractivity contribution in [1.82, 2.24) is 20.1 Å². The molecule has 0 radical (unpaired) electrons. The summed E-state index contributed by atoms with van der Waals surface area (Å²) in [6, 6.07) is 10.2. The molecule has 2 aromatic carbocycles. The third-order valence-electron chi connectivity index (χ3n) is 7.21. The molecule has 3 amide bonds. The fourth-order valence-corrected chi connectivity index (χ4v) is 4.99. The molecule has 3 aromatic rings. The smallest absolute Gasteiger partial charge is 0.294 e. The van der Waals surface area contributed by atoms with E-state index in [2.05, 4.69) is 15.6 Å². The molecular formula is C31H35F2N5O5. The van der Waals surface area contributed by atoms with Gasteiger partial charge in [0.15, 0.2) is 0 Å². The summed E-state index contributed by atoms with van der Waals surface area (Å²) in [7, 11) is 3.93. The number of carbonyl (C=O) groups is 4. The second-order valence-corrected chi connectivity index (χ2v) is 10.9. The van der Waals surface area contributed by atoms with Gasteiger partial charge in [0.1, 0.15) is 11.8 Å². The summed E-state index contributed by atoms with van der Waals surface area (Å²) in [6.45, 7) is 3.11. The van der Waals surface area contributed by atoms with Crippen molar-refractivity contribution in [2.45, 2.75) is 38.7 Å². The van der Waals surface area contributed by atoms with Gasteiger partial charge in [-0.1, -0.05) is 18.2 Å². The highest BCUT2D eigenvalue weighted by Crippen LogP contribution is 2.33. The zero-order chi connectivity index (χ0) is 31.3. The van der Waals surface area contributed by atoms with Crippen LogP contribution in [0.25, 0.3) is 10.9 Å². The predicted octanol–water partition coefficient (Wildman–Crippen LogP) is 3.36. The number of amides is 3. The summed E-state index contributed by atoms with van der Waals surface area (Å²) in [4.78, 5) is 58.9. The van der Waals surface area contributed by atoms with E-state index in [1.54, 1.807) is 50.2 Å². The molecule has 1 saturated heterocycles. The molecule has 10 nitrogen and oxygen atoms in total. The maximum atomic E-state index is 14.4. The molecule has 1 fully saturated rings. The van der Waals surface area contributed by atoms with Crippen LogP contribution in [-0.4, -0.2) is 90.6 Å². The Hall–Kier alpha value is -4.45. The van der Waals surface area contributed by atoms with Gasteiger partial charge < -0.3 is 25.2 Å². The Labute approximate surface area is 248 Å². The molecule has 0 saturated carbocycles. The topological polar surface area (TPSA) is 121 Å². The van der Waals surface area contributed by atoms with Gasteiger partial charge in [-0.3, -0.25) is 24.2 Å². The van der Waals surface area contributed by atoms with Gasteiger partial charge in [0.25, 0.3) is 17.7 Å². The number of nitrogens with one attached hydrogen (secondary N) is 2. The summed E-state index contributed by atoms with van der Waals surface area (Å²) in [5.41, 5.74) is 2.53. The second-order valence-electron chi connectivity index (χ2n) is 10.9. The van der Waals surface area contributed by atoms with E-state index in [9.17, 15) is 28.0 Å². The summed E-state index contributed by atoms with van der Waals surface area (Å²) in [5.74, 6) is -6.62. The minimum atomic E-state index is -3.37. The van der Waals surface area contributed by atoms with Crippen molar-refractivity contribution in [1.29, 1.82) is 0 Å². The van der Waals surface area contributed by atoms with Crippen LogP contribution in [0.5, 0.6) is 5.75 Å².